The van der Waals surface area contributed by atoms with Crippen LogP contribution in [0.5, 0.6) is 5.75 Å². The number of nitrogens with two attached hydrogens (primary N) is 1. The summed E-state index contributed by atoms with van der Waals surface area (Å²) < 4.78 is 5.14. The van der Waals surface area contributed by atoms with Crippen LogP contribution >= 0.6 is 23.4 Å². The van der Waals surface area contributed by atoms with E-state index in [2.05, 4.69) is 5.32 Å². The summed E-state index contributed by atoms with van der Waals surface area (Å²) in [6.07, 6.45) is 0. The smallest absolute Gasteiger partial charge is 0.234 e. The topological polar surface area (TPSA) is 64.3 Å². The van der Waals surface area contributed by atoms with Crippen molar-refractivity contribution in [2.45, 2.75) is 4.90 Å². The highest BCUT2D eigenvalue weighted by Crippen LogP contribution is 2.25. The molecule has 0 aliphatic heterocycles. The first kappa shape index (κ1) is 15.5. The highest BCUT2D eigenvalue weighted by molar-refractivity contribution is 8.00. The SMILES string of the molecule is COc1cccc(SCC(=O)Nc2cc(Cl)ccc2N)c1. The van der Waals surface area contributed by atoms with Gasteiger partial charge >= 0.3 is 0 Å². The lowest BCUT2D eigenvalue weighted by Gasteiger charge is -2.09. The Kier molecular flexibility index (Phi) is 5.36. The van der Waals surface area contributed by atoms with Crippen LogP contribution in [0.3, 0.4) is 0 Å². The number of ether oxygens (including phenoxy) is 1. The van der Waals surface area contributed by atoms with Crippen LogP contribution < -0.4 is 15.8 Å². The number of amides is 1. The van der Waals surface area contributed by atoms with Gasteiger partial charge < -0.3 is 15.8 Å². The van der Waals surface area contributed by atoms with Gasteiger partial charge in [0.2, 0.25) is 5.91 Å². The third-order valence-corrected chi connectivity index (χ3v) is 3.93. The fourth-order valence-electron chi connectivity index (χ4n) is 1.66. The van der Waals surface area contributed by atoms with E-state index >= 15 is 0 Å². The summed E-state index contributed by atoms with van der Waals surface area (Å²) in [6, 6.07) is 12.5. The quantitative estimate of drug-likeness (QED) is 0.651. The molecule has 3 N–H and O–H groups in total. The maximum absolute atomic E-state index is 11.9. The summed E-state index contributed by atoms with van der Waals surface area (Å²) in [7, 11) is 1.61. The first-order valence-corrected chi connectivity index (χ1v) is 7.56. The lowest BCUT2D eigenvalue weighted by Crippen LogP contribution is -2.15. The molecule has 21 heavy (non-hydrogen) atoms. The van der Waals surface area contributed by atoms with E-state index in [1.807, 2.05) is 24.3 Å². The molecule has 0 aliphatic rings. The Bertz CT molecular complexity index is 649. The number of methoxy groups -OCH3 is 1. The molecule has 0 aliphatic carbocycles. The number of thioether (sulfide) groups is 1. The third-order valence-electron chi connectivity index (χ3n) is 2.70. The molecule has 0 spiro atoms. The molecule has 0 fully saturated rings. The van der Waals surface area contributed by atoms with Gasteiger partial charge in [0.25, 0.3) is 0 Å². The molecule has 0 aromatic heterocycles. The minimum Gasteiger partial charge on any atom is -0.497 e. The fourth-order valence-corrected chi connectivity index (χ4v) is 2.58. The van der Waals surface area contributed by atoms with Gasteiger partial charge in [0.15, 0.2) is 0 Å². The Balaban J connectivity index is 1.94. The predicted molar refractivity (Wildman–Crippen MR) is 88.2 cm³/mol. The number of rotatable bonds is 5. The number of hydrogen-bond donors (Lipinski definition) is 2. The van der Waals surface area contributed by atoms with Gasteiger partial charge in [0, 0.05) is 9.92 Å². The number of carbonyl (C=O) groups is 1. The lowest BCUT2D eigenvalue weighted by atomic mass is 10.2. The minimum absolute atomic E-state index is 0.142. The van der Waals surface area contributed by atoms with Gasteiger partial charge in [-0.15, -0.1) is 11.8 Å². The van der Waals surface area contributed by atoms with Gasteiger partial charge in [0.05, 0.1) is 24.2 Å². The second-order valence-electron chi connectivity index (χ2n) is 4.25. The van der Waals surface area contributed by atoms with Crippen molar-refractivity contribution in [3.8, 4) is 5.75 Å². The molecule has 1 amide bonds. The van der Waals surface area contributed by atoms with Gasteiger partial charge in [0.1, 0.15) is 5.75 Å². The monoisotopic (exact) mass is 322 g/mol. The number of carbonyl (C=O) groups excluding carboxylic acids is 1. The summed E-state index contributed by atoms with van der Waals surface area (Å²) >= 11 is 7.30. The fraction of sp³-hybridized carbons (Fsp3) is 0.133. The number of hydrogen-bond acceptors (Lipinski definition) is 4. The molecular weight excluding hydrogens is 308 g/mol. The van der Waals surface area contributed by atoms with Crippen molar-refractivity contribution in [1.29, 1.82) is 0 Å². The zero-order valence-electron chi connectivity index (χ0n) is 11.4. The average Bonchev–Trinajstić information content (AvgIpc) is 2.49. The van der Waals surface area contributed by atoms with E-state index in [9.17, 15) is 4.79 Å². The van der Waals surface area contributed by atoms with Crippen LogP contribution in [0, 0.1) is 0 Å². The van der Waals surface area contributed by atoms with Crippen molar-refractivity contribution in [2.24, 2.45) is 0 Å². The molecule has 2 rings (SSSR count). The summed E-state index contributed by atoms with van der Waals surface area (Å²) in [5.74, 6) is 0.898. The molecule has 6 heteroatoms. The van der Waals surface area contributed by atoms with Crippen LogP contribution in [0.2, 0.25) is 5.02 Å². The first-order valence-electron chi connectivity index (χ1n) is 6.20. The van der Waals surface area contributed by atoms with Gasteiger partial charge in [-0.05, 0) is 36.4 Å². The number of benzene rings is 2. The second kappa shape index (κ2) is 7.24. The van der Waals surface area contributed by atoms with Gasteiger partial charge in [-0.2, -0.15) is 0 Å². The molecule has 2 aromatic carbocycles. The summed E-state index contributed by atoms with van der Waals surface area (Å²) in [4.78, 5) is 12.9. The molecule has 0 bridgehead atoms. The van der Waals surface area contributed by atoms with Crippen LogP contribution in [0.1, 0.15) is 0 Å². The van der Waals surface area contributed by atoms with Crippen molar-refractivity contribution in [3.63, 3.8) is 0 Å². The zero-order valence-corrected chi connectivity index (χ0v) is 13.0. The molecule has 0 unspecified atom stereocenters. The lowest BCUT2D eigenvalue weighted by molar-refractivity contribution is -0.113. The van der Waals surface area contributed by atoms with Crippen LogP contribution in [0.4, 0.5) is 11.4 Å². The van der Waals surface area contributed by atoms with Crippen molar-refractivity contribution in [2.75, 3.05) is 23.9 Å². The number of anilines is 2. The van der Waals surface area contributed by atoms with Gasteiger partial charge in [-0.25, -0.2) is 0 Å². The number of nitrogens with one attached hydrogen (secondary N) is 1. The standard InChI is InChI=1S/C15H15ClN2O2S/c1-20-11-3-2-4-12(8-11)21-9-15(19)18-14-7-10(16)5-6-13(14)17/h2-8H,9,17H2,1H3,(H,18,19). The minimum atomic E-state index is -0.142. The Morgan fingerprint density at radius 3 is 2.90 bits per heavy atom. The van der Waals surface area contributed by atoms with Crippen molar-refractivity contribution in [3.05, 3.63) is 47.5 Å². The molecular formula is C15H15ClN2O2S. The summed E-state index contributed by atoms with van der Waals surface area (Å²) in [5.41, 5.74) is 6.80. The molecule has 0 radical (unpaired) electrons. The van der Waals surface area contributed by atoms with Crippen molar-refractivity contribution in [1.82, 2.24) is 0 Å². The predicted octanol–water partition coefficient (Wildman–Crippen LogP) is 3.66. The van der Waals surface area contributed by atoms with E-state index in [0.29, 0.717) is 16.4 Å². The van der Waals surface area contributed by atoms with Crippen LogP contribution in [0.25, 0.3) is 0 Å². The van der Waals surface area contributed by atoms with Crippen LogP contribution in [-0.4, -0.2) is 18.8 Å². The van der Waals surface area contributed by atoms with Crippen LogP contribution in [0.15, 0.2) is 47.4 Å². The van der Waals surface area contributed by atoms with Gasteiger partial charge in [-0.1, -0.05) is 17.7 Å². The zero-order chi connectivity index (χ0) is 15.2. The van der Waals surface area contributed by atoms with E-state index in [4.69, 9.17) is 22.1 Å². The van der Waals surface area contributed by atoms with E-state index in [-0.39, 0.29) is 11.7 Å². The maximum atomic E-state index is 11.9. The molecule has 110 valence electrons. The van der Waals surface area contributed by atoms with Crippen molar-refractivity contribution < 1.29 is 9.53 Å². The van der Waals surface area contributed by atoms with Crippen LogP contribution in [-0.2, 0) is 4.79 Å². The van der Waals surface area contributed by atoms with Gasteiger partial charge in [-0.3, -0.25) is 4.79 Å². The molecule has 2 aromatic rings. The maximum Gasteiger partial charge on any atom is 0.234 e. The Morgan fingerprint density at radius 1 is 1.33 bits per heavy atom. The van der Waals surface area contributed by atoms with Crippen molar-refractivity contribution >= 4 is 40.6 Å². The highest BCUT2D eigenvalue weighted by atomic mass is 35.5. The molecule has 0 heterocycles. The van der Waals surface area contributed by atoms with E-state index < -0.39 is 0 Å². The summed E-state index contributed by atoms with van der Waals surface area (Å²) in [5, 5.41) is 3.28. The van der Waals surface area contributed by atoms with E-state index in [1.54, 1.807) is 25.3 Å². The highest BCUT2D eigenvalue weighted by Gasteiger charge is 2.07. The molecule has 4 nitrogen and oxygen atoms in total. The largest absolute Gasteiger partial charge is 0.497 e. The third kappa shape index (κ3) is 4.58. The Morgan fingerprint density at radius 2 is 2.14 bits per heavy atom. The average molecular weight is 323 g/mol. The molecule has 0 saturated carbocycles. The number of nitrogen functional groups attached to an aromatic ring is 1. The van der Waals surface area contributed by atoms with E-state index in [1.165, 1.54) is 11.8 Å². The first-order chi connectivity index (χ1) is 10.1. The normalized spacial score (nSPS) is 10.2. The summed E-state index contributed by atoms with van der Waals surface area (Å²) in [6.45, 7) is 0. The Hall–Kier alpha value is -1.85. The second-order valence-corrected chi connectivity index (χ2v) is 5.73. The number of halogens is 1. The Labute approximate surface area is 132 Å². The van der Waals surface area contributed by atoms with E-state index in [0.717, 1.165) is 10.6 Å². The molecule has 0 saturated heterocycles. The molecule has 0 atom stereocenters.